The fraction of sp³-hybridized carbons (Fsp3) is 0.636. The van der Waals surface area contributed by atoms with E-state index in [0.29, 0.717) is 26.3 Å². The van der Waals surface area contributed by atoms with Crippen molar-refractivity contribution in [3.63, 3.8) is 0 Å². The third kappa shape index (κ3) is 8.80. The van der Waals surface area contributed by atoms with Crippen LogP contribution in [0.5, 0.6) is 0 Å². The van der Waals surface area contributed by atoms with Crippen LogP contribution in [0.3, 0.4) is 0 Å². The van der Waals surface area contributed by atoms with Crippen LogP contribution in [0.4, 0.5) is 0 Å². The zero-order valence-corrected chi connectivity index (χ0v) is 18.5. The minimum absolute atomic E-state index is 0.233. The quantitative estimate of drug-likeness (QED) is 0.304. The third-order valence-electron chi connectivity index (χ3n) is 4.76. The summed E-state index contributed by atoms with van der Waals surface area (Å²) in [5.41, 5.74) is 0. The number of nitrogens with zero attached hydrogens (tertiary/aromatic N) is 2. The van der Waals surface area contributed by atoms with Gasteiger partial charge in [-0.1, -0.05) is 26.7 Å². The molecule has 0 spiro atoms. The Kier molecular flexibility index (Phi) is 11.5. The molecule has 0 N–H and O–H groups in total. The Labute approximate surface area is 178 Å². The average Bonchev–Trinajstić information content (AvgIpc) is 2.72. The predicted octanol–water partition coefficient (Wildman–Crippen LogP) is 2.23. The lowest BCUT2D eigenvalue weighted by molar-refractivity contribution is -0.141. The van der Waals surface area contributed by atoms with E-state index in [2.05, 4.69) is 0 Å². The van der Waals surface area contributed by atoms with Gasteiger partial charge < -0.3 is 19.3 Å². The summed E-state index contributed by atoms with van der Waals surface area (Å²) < 4.78 is 10.00. The molecule has 8 nitrogen and oxygen atoms in total. The van der Waals surface area contributed by atoms with Crippen molar-refractivity contribution in [3.05, 3.63) is 24.3 Å². The Hall–Kier alpha value is -2.64. The Morgan fingerprint density at radius 1 is 0.733 bits per heavy atom. The largest absolute Gasteiger partial charge is 0.463 e. The van der Waals surface area contributed by atoms with Crippen molar-refractivity contribution in [1.29, 1.82) is 0 Å². The number of esters is 2. The molecule has 30 heavy (non-hydrogen) atoms. The van der Waals surface area contributed by atoms with Crippen molar-refractivity contribution in [3.8, 4) is 0 Å². The van der Waals surface area contributed by atoms with Gasteiger partial charge in [-0.15, -0.1) is 0 Å². The van der Waals surface area contributed by atoms with Crippen molar-refractivity contribution in [2.75, 3.05) is 26.3 Å². The molecule has 1 saturated heterocycles. The standard InChI is InChI=1S/C22H34N2O6/c1-5-7-13-29-21(27)11-9-19(25)23-15-18(4)24(16-17(23)3)20(26)10-12-22(28)30-14-8-6-2/h9-12,17-18H,5-8,13-16H2,1-4H3/b11-9+,12-10+. The molecular formula is C22H34N2O6. The van der Waals surface area contributed by atoms with Gasteiger partial charge in [0.15, 0.2) is 0 Å². The maximum Gasteiger partial charge on any atom is 0.330 e. The molecule has 1 aliphatic heterocycles. The molecule has 0 aliphatic carbocycles. The van der Waals surface area contributed by atoms with Gasteiger partial charge in [0.1, 0.15) is 0 Å². The molecular weight excluding hydrogens is 388 g/mol. The highest BCUT2D eigenvalue weighted by Gasteiger charge is 2.33. The van der Waals surface area contributed by atoms with Gasteiger partial charge in [0.05, 0.1) is 13.2 Å². The van der Waals surface area contributed by atoms with E-state index in [0.717, 1.165) is 37.8 Å². The lowest BCUT2D eigenvalue weighted by atomic mass is 10.1. The van der Waals surface area contributed by atoms with E-state index in [1.165, 1.54) is 12.2 Å². The van der Waals surface area contributed by atoms with Crippen LogP contribution in [-0.4, -0.2) is 71.9 Å². The summed E-state index contributed by atoms with van der Waals surface area (Å²) >= 11 is 0. The molecule has 0 aromatic heterocycles. The van der Waals surface area contributed by atoms with Crippen LogP contribution in [0.25, 0.3) is 0 Å². The molecule has 0 radical (unpaired) electrons. The van der Waals surface area contributed by atoms with Gasteiger partial charge in [-0.25, -0.2) is 9.59 Å². The van der Waals surface area contributed by atoms with Crippen molar-refractivity contribution in [1.82, 2.24) is 9.80 Å². The first kappa shape index (κ1) is 25.4. The van der Waals surface area contributed by atoms with Crippen LogP contribution in [-0.2, 0) is 28.7 Å². The highest BCUT2D eigenvalue weighted by atomic mass is 16.5. The first-order valence-electron chi connectivity index (χ1n) is 10.6. The second-order valence-electron chi connectivity index (χ2n) is 7.39. The fourth-order valence-electron chi connectivity index (χ4n) is 2.94. The van der Waals surface area contributed by atoms with Crippen molar-refractivity contribution >= 4 is 23.8 Å². The van der Waals surface area contributed by atoms with Crippen molar-refractivity contribution in [2.24, 2.45) is 0 Å². The average molecular weight is 423 g/mol. The summed E-state index contributed by atoms with van der Waals surface area (Å²) in [7, 11) is 0. The van der Waals surface area contributed by atoms with Crippen molar-refractivity contribution in [2.45, 2.75) is 65.5 Å². The summed E-state index contributed by atoms with van der Waals surface area (Å²) in [6.07, 6.45) is 8.10. The maximum atomic E-state index is 12.5. The van der Waals surface area contributed by atoms with Gasteiger partial charge in [-0.05, 0) is 26.7 Å². The molecule has 1 heterocycles. The molecule has 2 atom stereocenters. The fourth-order valence-corrected chi connectivity index (χ4v) is 2.94. The lowest BCUT2D eigenvalue weighted by Crippen LogP contribution is -2.59. The number of amides is 2. The molecule has 0 aromatic carbocycles. The Morgan fingerprint density at radius 2 is 1.10 bits per heavy atom. The van der Waals surface area contributed by atoms with Crippen LogP contribution < -0.4 is 0 Å². The molecule has 1 rings (SSSR count). The van der Waals surface area contributed by atoms with E-state index in [9.17, 15) is 19.2 Å². The number of hydrogen-bond acceptors (Lipinski definition) is 6. The molecule has 168 valence electrons. The smallest absolute Gasteiger partial charge is 0.330 e. The summed E-state index contributed by atoms with van der Waals surface area (Å²) in [6.45, 7) is 8.99. The Bertz CT molecular complexity index is 602. The summed E-state index contributed by atoms with van der Waals surface area (Å²) in [5, 5.41) is 0. The Morgan fingerprint density at radius 3 is 1.43 bits per heavy atom. The summed E-state index contributed by atoms with van der Waals surface area (Å²) in [4.78, 5) is 51.4. The van der Waals surface area contributed by atoms with Gasteiger partial charge in [-0.2, -0.15) is 0 Å². The number of carbonyl (C=O) groups excluding carboxylic acids is 4. The zero-order valence-electron chi connectivity index (χ0n) is 18.5. The van der Waals surface area contributed by atoms with Crippen molar-refractivity contribution < 1.29 is 28.7 Å². The number of hydrogen-bond donors (Lipinski definition) is 0. The van der Waals surface area contributed by atoms with Gasteiger partial charge in [0, 0.05) is 49.5 Å². The first-order chi connectivity index (χ1) is 14.3. The van der Waals surface area contributed by atoms with Crippen LogP contribution in [0.1, 0.15) is 53.4 Å². The number of piperazine rings is 1. The second kappa shape index (κ2) is 13.6. The molecule has 8 heteroatoms. The normalized spacial score (nSPS) is 19.3. The topological polar surface area (TPSA) is 93.2 Å². The second-order valence-corrected chi connectivity index (χ2v) is 7.39. The molecule has 2 unspecified atom stereocenters. The van der Waals surface area contributed by atoms with Crippen LogP contribution >= 0.6 is 0 Å². The molecule has 0 aromatic rings. The maximum absolute atomic E-state index is 12.5. The van der Waals surface area contributed by atoms with Crippen LogP contribution in [0.2, 0.25) is 0 Å². The van der Waals surface area contributed by atoms with E-state index < -0.39 is 11.9 Å². The highest BCUT2D eigenvalue weighted by Crippen LogP contribution is 2.16. The van der Waals surface area contributed by atoms with E-state index in [1.807, 2.05) is 27.7 Å². The van der Waals surface area contributed by atoms with E-state index in [4.69, 9.17) is 9.47 Å². The number of unbranched alkanes of at least 4 members (excludes halogenated alkanes) is 2. The molecule has 0 bridgehead atoms. The number of carbonyl (C=O) groups is 4. The molecule has 1 aliphatic rings. The number of rotatable bonds is 10. The summed E-state index contributed by atoms with van der Waals surface area (Å²) in [5.74, 6) is -1.68. The SMILES string of the molecule is CCCCOC(=O)/C=C/C(=O)N1CC(C)N(C(=O)/C=C/C(=O)OCCCC)CC1C. The minimum atomic E-state index is -0.540. The molecule has 1 fully saturated rings. The van der Waals surface area contributed by atoms with E-state index >= 15 is 0 Å². The predicted molar refractivity (Wildman–Crippen MR) is 112 cm³/mol. The third-order valence-corrected chi connectivity index (χ3v) is 4.76. The summed E-state index contributed by atoms with van der Waals surface area (Å²) in [6, 6.07) is -0.466. The highest BCUT2D eigenvalue weighted by molar-refractivity contribution is 5.96. The van der Waals surface area contributed by atoms with Gasteiger partial charge in [0.2, 0.25) is 11.8 Å². The van der Waals surface area contributed by atoms with Gasteiger partial charge in [-0.3, -0.25) is 9.59 Å². The molecule has 2 amide bonds. The zero-order chi connectivity index (χ0) is 22.5. The van der Waals surface area contributed by atoms with Gasteiger partial charge >= 0.3 is 11.9 Å². The Balaban J connectivity index is 2.57. The molecule has 0 saturated carbocycles. The van der Waals surface area contributed by atoms with Gasteiger partial charge in [0.25, 0.3) is 0 Å². The minimum Gasteiger partial charge on any atom is -0.463 e. The van der Waals surface area contributed by atoms with E-state index in [-0.39, 0.29) is 23.9 Å². The number of ether oxygens (including phenoxy) is 2. The lowest BCUT2D eigenvalue weighted by Gasteiger charge is -2.43. The first-order valence-corrected chi connectivity index (χ1v) is 10.6. The van der Waals surface area contributed by atoms with Crippen LogP contribution in [0, 0.1) is 0 Å². The monoisotopic (exact) mass is 422 g/mol. The van der Waals surface area contributed by atoms with E-state index in [1.54, 1.807) is 9.80 Å². The van der Waals surface area contributed by atoms with Crippen LogP contribution in [0.15, 0.2) is 24.3 Å².